The second-order valence-electron chi connectivity index (χ2n) is 6.16. The molecule has 0 N–H and O–H groups in total. The van der Waals surface area contributed by atoms with E-state index in [9.17, 15) is 14.0 Å². The molecule has 0 saturated carbocycles. The quantitative estimate of drug-likeness (QED) is 0.480. The van der Waals surface area contributed by atoms with Gasteiger partial charge in [0, 0.05) is 12.3 Å². The first-order valence-corrected chi connectivity index (χ1v) is 10.1. The molecule has 2 aromatic carbocycles. The number of rotatable bonds is 6. The van der Waals surface area contributed by atoms with Gasteiger partial charge in [0.25, 0.3) is 0 Å². The Labute approximate surface area is 176 Å². The number of carbonyl (C=O) groups excluding carboxylic acids is 2. The highest BCUT2D eigenvalue weighted by Gasteiger charge is 2.21. The number of carbonyl (C=O) groups is 2. The van der Waals surface area contributed by atoms with Gasteiger partial charge in [-0.25, -0.2) is 14.2 Å². The van der Waals surface area contributed by atoms with Crippen LogP contribution in [0.3, 0.4) is 0 Å². The molecule has 3 aromatic rings. The van der Waals surface area contributed by atoms with Gasteiger partial charge in [-0.3, -0.25) is 9.69 Å². The Hall–Kier alpha value is -2.77. The minimum absolute atomic E-state index is 0.0205. The summed E-state index contributed by atoms with van der Waals surface area (Å²) in [5.74, 6) is -1.38. The fourth-order valence-electron chi connectivity index (χ4n) is 2.77. The summed E-state index contributed by atoms with van der Waals surface area (Å²) in [7, 11) is 0. The molecule has 3 rings (SSSR count). The van der Waals surface area contributed by atoms with Crippen LogP contribution in [0.5, 0.6) is 0 Å². The lowest BCUT2D eigenvalue weighted by Crippen LogP contribution is -2.23. The van der Waals surface area contributed by atoms with Crippen LogP contribution in [0.2, 0.25) is 5.02 Å². The number of aryl methyl sites for hydroxylation is 1. The summed E-state index contributed by atoms with van der Waals surface area (Å²) < 4.78 is 18.4. The maximum Gasteiger partial charge on any atom is 0.340 e. The van der Waals surface area contributed by atoms with Gasteiger partial charge in [-0.15, -0.1) is 11.3 Å². The van der Waals surface area contributed by atoms with E-state index >= 15 is 0 Å². The fourth-order valence-corrected chi connectivity index (χ4v) is 3.88. The number of esters is 1. The van der Waals surface area contributed by atoms with Gasteiger partial charge in [0.05, 0.1) is 22.0 Å². The minimum Gasteiger partial charge on any atom is -0.456 e. The Balaban J connectivity index is 1.77. The number of amides is 1. The predicted molar refractivity (Wildman–Crippen MR) is 111 cm³/mol. The lowest BCUT2D eigenvalue weighted by molar-refractivity contribution is -0.115. The Morgan fingerprint density at radius 3 is 2.69 bits per heavy atom. The topological polar surface area (TPSA) is 59.5 Å². The summed E-state index contributed by atoms with van der Waals surface area (Å²) in [6.07, 6.45) is 0.772. The largest absolute Gasteiger partial charge is 0.456 e. The summed E-state index contributed by atoms with van der Waals surface area (Å²) in [6, 6.07) is 11.1. The van der Waals surface area contributed by atoms with E-state index in [1.807, 2.05) is 31.2 Å². The number of aromatic nitrogens is 1. The van der Waals surface area contributed by atoms with Crippen LogP contribution in [0.25, 0.3) is 0 Å². The van der Waals surface area contributed by atoms with Crippen molar-refractivity contribution in [2.75, 3.05) is 4.90 Å². The predicted octanol–water partition coefficient (Wildman–Crippen LogP) is 5.54. The number of thiazole rings is 1. The van der Waals surface area contributed by atoms with E-state index in [0.29, 0.717) is 10.8 Å². The average Bonchev–Trinajstić information content (AvgIpc) is 3.15. The highest BCUT2D eigenvalue weighted by molar-refractivity contribution is 7.14. The maximum absolute atomic E-state index is 13.1. The number of anilines is 2. The maximum atomic E-state index is 13.1. The molecule has 0 saturated heterocycles. The van der Waals surface area contributed by atoms with Crippen molar-refractivity contribution < 1.29 is 18.7 Å². The van der Waals surface area contributed by atoms with E-state index in [1.165, 1.54) is 24.3 Å². The van der Waals surface area contributed by atoms with E-state index < -0.39 is 11.8 Å². The Morgan fingerprint density at radius 1 is 1.24 bits per heavy atom. The van der Waals surface area contributed by atoms with Gasteiger partial charge in [-0.2, -0.15) is 0 Å². The third-order valence-corrected chi connectivity index (χ3v) is 5.35. The van der Waals surface area contributed by atoms with Crippen molar-refractivity contribution in [2.45, 2.75) is 26.9 Å². The Bertz CT molecular complexity index is 1050. The third kappa shape index (κ3) is 4.81. The van der Waals surface area contributed by atoms with Gasteiger partial charge < -0.3 is 4.74 Å². The van der Waals surface area contributed by atoms with E-state index in [2.05, 4.69) is 4.98 Å². The molecule has 0 radical (unpaired) electrons. The van der Waals surface area contributed by atoms with Crippen molar-refractivity contribution in [3.05, 3.63) is 75.5 Å². The SMILES string of the molecule is CCc1ccccc1N(C(C)=O)c1nc(COC(=O)c2ccc(F)cc2Cl)cs1. The molecular formula is C21H18ClFN2O3S. The molecule has 0 fully saturated rings. The fraction of sp³-hybridized carbons (Fsp3) is 0.190. The number of para-hydroxylation sites is 1. The van der Waals surface area contributed by atoms with Crippen LogP contribution in [0.15, 0.2) is 47.8 Å². The van der Waals surface area contributed by atoms with E-state index in [-0.39, 0.29) is 23.1 Å². The number of nitrogens with zero attached hydrogens (tertiary/aromatic N) is 2. The monoisotopic (exact) mass is 432 g/mol. The number of hydrogen-bond acceptors (Lipinski definition) is 5. The van der Waals surface area contributed by atoms with Gasteiger partial charge in [-0.05, 0) is 36.2 Å². The highest BCUT2D eigenvalue weighted by Crippen LogP contribution is 2.32. The highest BCUT2D eigenvalue weighted by atomic mass is 35.5. The smallest absolute Gasteiger partial charge is 0.340 e. The van der Waals surface area contributed by atoms with Gasteiger partial charge in [-0.1, -0.05) is 36.7 Å². The van der Waals surface area contributed by atoms with Crippen molar-refractivity contribution in [1.29, 1.82) is 0 Å². The molecule has 0 aliphatic heterocycles. The van der Waals surface area contributed by atoms with Crippen LogP contribution < -0.4 is 4.90 Å². The molecule has 5 nitrogen and oxygen atoms in total. The molecule has 0 aliphatic carbocycles. The van der Waals surface area contributed by atoms with Gasteiger partial charge in [0.15, 0.2) is 5.13 Å². The molecule has 1 amide bonds. The van der Waals surface area contributed by atoms with Crippen LogP contribution in [0.1, 0.15) is 35.5 Å². The van der Waals surface area contributed by atoms with Gasteiger partial charge in [0.2, 0.25) is 5.91 Å². The molecule has 0 atom stereocenters. The summed E-state index contributed by atoms with van der Waals surface area (Å²) in [6.45, 7) is 3.40. The first-order valence-electron chi connectivity index (χ1n) is 8.86. The van der Waals surface area contributed by atoms with E-state index in [4.69, 9.17) is 16.3 Å². The van der Waals surface area contributed by atoms with Gasteiger partial charge in [0.1, 0.15) is 12.4 Å². The van der Waals surface area contributed by atoms with Crippen LogP contribution in [-0.4, -0.2) is 16.9 Å². The van der Waals surface area contributed by atoms with Crippen molar-refractivity contribution in [2.24, 2.45) is 0 Å². The van der Waals surface area contributed by atoms with Crippen molar-refractivity contribution >= 4 is 45.6 Å². The van der Waals surface area contributed by atoms with Crippen LogP contribution >= 0.6 is 22.9 Å². The van der Waals surface area contributed by atoms with E-state index in [1.54, 1.807) is 10.3 Å². The zero-order chi connectivity index (χ0) is 21.0. The minimum atomic E-state index is -0.677. The van der Waals surface area contributed by atoms with Crippen molar-refractivity contribution in [1.82, 2.24) is 4.98 Å². The molecule has 0 spiro atoms. The first-order chi connectivity index (χ1) is 13.9. The van der Waals surface area contributed by atoms with Crippen LogP contribution in [-0.2, 0) is 22.6 Å². The zero-order valence-electron chi connectivity index (χ0n) is 15.8. The summed E-state index contributed by atoms with van der Waals surface area (Å²) in [5, 5.41) is 2.19. The lowest BCUT2D eigenvalue weighted by Gasteiger charge is -2.20. The van der Waals surface area contributed by atoms with Crippen molar-refractivity contribution in [3.8, 4) is 0 Å². The molecule has 150 valence electrons. The first kappa shape index (κ1) is 21.0. The normalized spacial score (nSPS) is 10.6. The van der Waals surface area contributed by atoms with Crippen LogP contribution in [0.4, 0.5) is 15.2 Å². The van der Waals surface area contributed by atoms with E-state index in [0.717, 1.165) is 29.8 Å². The molecule has 1 heterocycles. The Morgan fingerprint density at radius 2 is 2.00 bits per heavy atom. The number of halogens is 2. The second kappa shape index (κ2) is 9.15. The molecule has 1 aromatic heterocycles. The molecule has 0 unspecified atom stereocenters. The number of benzene rings is 2. The molecule has 0 bridgehead atoms. The Kier molecular flexibility index (Phi) is 6.61. The molecular weight excluding hydrogens is 415 g/mol. The van der Waals surface area contributed by atoms with Gasteiger partial charge >= 0.3 is 5.97 Å². The molecule has 29 heavy (non-hydrogen) atoms. The third-order valence-electron chi connectivity index (χ3n) is 4.16. The lowest BCUT2D eigenvalue weighted by atomic mass is 10.1. The van der Waals surface area contributed by atoms with Crippen molar-refractivity contribution in [3.63, 3.8) is 0 Å². The standard InChI is InChI=1S/C21H18ClFN2O3S/c1-3-14-6-4-5-7-19(14)25(13(2)26)21-24-16(12-29-21)11-28-20(27)17-9-8-15(23)10-18(17)22/h4-10,12H,3,11H2,1-2H3. The summed E-state index contributed by atoms with van der Waals surface area (Å²) in [4.78, 5) is 30.5. The second-order valence-corrected chi connectivity index (χ2v) is 7.40. The number of ether oxygens (including phenoxy) is 1. The molecule has 8 heteroatoms. The zero-order valence-corrected chi connectivity index (χ0v) is 17.4. The molecule has 0 aliphatic rings. The summed E-state index contributed by atoms with van der Waals surface area (Å²) in [5.41, 5.74) is 2.37. The van der Waals surface area contributed by atoms with Crippen LogP contribution in [0, 0.1) is 5.82 Å². The average molecular weight is 433 g/mol. The summed E-state index contributed by atoms with van der Waals surface area (Å²) >= 11 is 7.16. The number of hydrogen-bond donors (Lipinski definition) is 0.